The average Bonchev–Trinajstić information content (AvgIpc) is 2.72. The summed E-state index contributed by atoms with van der Waals surface area (Å²) in [4.78, 5) is 12.1. The van der Waals surface area contributed by atoms with Crippen LogP contribution in [0.2, 0.25) is 5.15 Å². The van der Waals surface area contributed by atoms with Gasteiger partial charge >= 0.3 is 0 Å². The van der Waals surface area contributed by atoms with Crippen LogP contribution in [0.3, 0.4) is 0 Å². The maximum atomic E-state index is 5.93. The molecule has 0 unspecified atom stereocenters. The van der Waals surface area contributed by atoms with Crippen LogP contribution in [0.4, 0.5) is 11.5 Å². The molecule has 90 valence electrons. The summed E-state index contributed by atoms with van der Waals surface area (Å²) in [7, 11) is 1.76. The minimum atomic E-state index is 0.377. The lowest BCUT2D eigenvalue weighted by molar-refractivity contribution is 0.524. The molecule has 0 spiro atoms. The Morgan fingerprint density at radius 3 is 2.82 bits per heavy atom. The van der Waals surface area contributed by atoms with Gasteiger partial charge in [0.2, 0.25) is 0 Å². The molecule has 7 heteroatoms. The molecular formula is C10H12ClN5O. The fourth-order valence-corrected chi connectivity index (χ4v) is 1.61. The van der Waals surface area contributed by atoms with E-state index >= 15 is 0 Å². The summed E-state index contributed by atoms with van der Waals surface area (Å²) < 4.78 is 5.11. The van der Waals surface area contributed by atoms with Crippen LogP contribution in [0.25, 0.3) is 0 Å². The number of aromatic nitrogens is 3. The van der Waals surface area contributed by atoms with Crippen molar-refractivity contribution in [2.75, 3.05) is 17.7 Å². The Bertz CT molecular complexity index is 513. The zero-order valence-electron chi connectivity index (χ0n) is 9.49. The predicted octanol–water partition coefficient (Wildman–Crippen LogP) is 2.08. The summed E-state index contributed by atoms with van der Waals surface area (Å²) >= 11 is 5.93. The highest BCUT2D eigenvalue weighted by Gasteiger charge is 2.09. The molecule has 0 amide bonds. The minimum absolute atomic E-state index is 0.377. The van der Waals surface area contributed by atoms with E-state index in [2.05, 4.69) is 25.6 Å². The van der Waals surface area contributed by atoms with Crippen molar-refractivity contribution in [2.24, 2.45) is 0 Å². The van der Waals surface area contributed by atoms with Crippen LogP contribution in [0, 0.1) is 6.92 Å². The molecule has 0 saturated carbocycles. The van der Waals surface area contributed by atoms with Crippen molar-refractivity contribution in [1.82, 2.24) is 15.0 Å². The van der Waals surface area contributed by atoms with Crippen LogP contribution in [0.1, 0.15) is 11.5 Å². The number of halogens is 1. The third kappa shape index (κ3) is 2.47. The smallest absolute Gasteiger partial charge is 0.181 e. The Labute approximate surface area is 103 Å². The van der Waals surface area contributed by atoms with Crippen LogP contribution in [-0.4, -0.2) is 22.0 Å². The van der Waals surface area contributed by atoms with E-state index in [1.54, 1.807) is 7.05 Å². The highest BCUT2D eigenvalue weighted by Crippen LogP contribution is 2.25. The number of hydrogen-bond donors (Lipinski definition) is 2. The molecule has 0 saturated heterocycles. The van der Waals surface area contributed by atoms with Crippen molar-refractivity contribution >= 4 is 23.1 Å². The standard InChI is InChI=1S/C10H12ClN5O/c1-6-7(16-5-17-6)3-13-10-8(12-2)9(11)14-4-15-10/h4-5,12H,3H2,1-2H3,(H,13,14,15). The molecule has 2 heterocycles. The van der Waals surface area contributed by atoms with Crippen molar-refractivity contribution in [1.29, 1.82) is 0 Å². The quantitative estimate of drug-likeness (QED) is 0.813. The summed E-state index contributed by atoms with van der Waals surface area (Å²) in [6.45, 7) is 2.38. The Morgan fingerprint density at radius 2 is 2.18 bits per heavy atom. The number of hydrogen-bond acceptors (Lipinski definition) is 6. The molecular weight excluding hydrogens is 242 g/mol. The van der Waals surface area contributed by atoms with Gasteiger partial charge in [-0.2, -0.15) is 0 Å². The first-order valence-electron chi connectivity index (χ1n) is 5.03. The third-order valence-electron chi connectivity index (χ3n) is 2.32. The lowest BCUT2D eigenvalue weighted by Crippen LogP contribution is -2.06. The van der Waals surface area contributed by atoms with Crippen LogP contribution in [0.5, 0.6) is 0 Å². The molecule has 0 fully saturated rings. The summed E-state index contributed by atoms with van der Waals surface area (Å²) in [5.74, 6) is 1.42. The van der Waals surface area contributed by atoms with Gasteiger partial charge < -0.3 is 15.1 Å². The highest BCUT2D eigenvalue weighted by atomic mass is 35.5. The number of nitrogens with zero attached hydrogens (tertiary/aromatic N) is 3. The van der Waals surface area contributed by atoms with E-state index in [1.165, 1.54) is 12.7 Å². The topological polar surface area (TPSA) is 75.9 Å². The van der Waals surface area contributed by atoms with Crippen molar-refractivity contribution in [3.05, 3.63) is 29.3 Å². The summed E-state index contributed by atoms with van der Waals surface area (Å²) in [5.41, 5.74) is 1.50. The Balaban J connectivity index is 2.14. The maximum Gasteiger partial charge on any atom is 0.181 e. The summed E-state index contributed by atoms with van der Waals surface area (Å²) in [5, 5.41) is 6.45. The van der Waals surface area contributed by atoms with Gasteiger partial charge in [-0.15, -0.1) is 0 Å². The SMILES string of the molecule is CNc1c(Cl)ncnc1NCc1ncoc1C. The van der Waals surface area contributed by atoms with Gasteiger partial charge in [0.05, 0.1) is 6.54 Å². The molecule has 0 atom stereocenters. The molecule has 2 aromatic rings. The van der Waals surface area contributed by atoms with Gasteiger partial charge in [0.1, 0.15) is 23.5 Å². The lowest BCUT2D eigenvalue weighted by Gasteiger charge is -2.10. The van der Waals surface area contributed by atoms with Crippen molar-refractivity contribution in [2.45, 2.75) is 13.5 Å². The van der Waals surface area contributed by atoms with Crippen LogP contribution >= 0.6 is 11.6 Å². The van der Waals surface area contributed by atoms with Gasteiger partial charge in [0.25, 0.3) is 0 Å². The number of aryl methyl sites for hydroxylation is 1. The Kier molecular flexibility index (Phi) is 3.43. The zero-order chi connectivity index (χ0) is 12.3. The fourth-order valence-electron chi connectivity index (χ4n) is 1.39. The first-order chi connectivity index (χ1) is 8.22. The molecule has 0 radical (unpaired) electrons. The first kappa shape index (κ1) is 11.7. The van der Waals surface area contributed by atoms with Crippen molar-refractivity contribution < 1.29 is 4.42 Å². The van der Waals surface area contributed by atoms with Gasteiger partial charge in [-0.1, -0.05) is 11.6 Å². The molecule has 2 aromatic heterocycles. The lowest BCUT2D eigenvalue weighted by atomic mass is 10.3. The Morgan fingerprint density at radius 1 is 1.35 bits per heavy atom. The normalized spacial score (nSPS) is 10.3. The van der Waals surface area contributed by atoms with Gasteiger partial charge in [-0.25, -0.2) is 15.0 Å². The van der Waals surface area contributed by atoms with Crippen LogP contribution in [0.15, 0.2) is 17.1 Å². The molecule has 17 heavy (non-hydrogen) atoms. The monoisotopic (exact) mass is 253 g/mol. The molecule has 0 aliphatic rings. The second-order valence-electron chi connectivity index (χ2n) is 3.35. The van der Waals surface area contributed by atoms with E-state index in [1.807, 2.05) is 6.92 Å². The third-order valence-corrected chi connectivity index (χ3v) is 2.61. The Hall–Kier alpha value is -1.82. The second kappa shape index (κ2) is 5.01. The van der Waals surface area contributed by atoms with Gasteiger partial charge in [0, 0.05) is 7.05 Å². The van der Waals surface area contributed by atoms with Crippen molar-refractivity contribution in [3.63, 3.8) is 0 Å². The maximum absolute atomic E-state index is 5.93. The summed E-state index contributed by atoms with van der Waals surface area (Å²) in [6.07, 6.45) is 2.82. The molecule has 0 aliphatic heterocycles. The zero-order valence-corrected chi connectivity index (χ0v) is 10.2. The van der Waals surface area contributed by atoms with Gasteiger partial charge in [0.15, 0.2) is 17.4 Å². The highest BCUT2D eigenvalue weighted by molar-refractivity contribution is 6.32. The largest absolute Gasteiger partial charge is 0.448 e. The number of nitrogens with one attached hydrogen (secondary N) is 2. The molecule has 0 aromatic carbocycles. The van der Waals surface area contributed by atoms with Crippen LogP contribution in [-0.2, 0) is 6.54 Å². The molecule has 2 rings (SSSR count). The van der Waals surface area contributed by atoms with Gasteiger partial charge in [-0.05, 0) is 6.92 Å². The van der Waals surface area contributed by atoms with Crippen molar-refractivity contribution in [3.8, 4) is 0 Å². The minimum Gasteiger partial charge on any atom is -0.448 e. The van der Waals surface area contributed by atoms with Gasteiger partial charge in [-0.3, -0.25) is 0 Å². The fraction of sp³-hybridized carbons (Fsp3) is 0.300. The second-order valence-corrected chi connectivity index (χ2v) is 3.70. The predicted molar refractivity (Wildman–Crippen MR) is 65.2 cm³/mol. The molecule has 2 N–H and O–H groups in total. The summed E-state index contributed by atoms with van der Waals surface area (Å²) in [6, 6.07) is 0. The van der Waals surface area contributed by atoms with E-state index < -0.39 is 0 Å². The molecule has 0 bridgehead atoms. The van der Waals surface area contributed by atoms with E-state index in [-0.39, 0.29) is 0 Å². The number of oxazole rings is 1. The number of rotatable bonds is 4. The van der Waals surface area contributed by atoms with E-state index in [0.29, 0.717) is 23.2 Å². The average molecular weight is 254 g/mol. The molecule has 6 nitrogen and oxygen atoms in total. The first-order valence-corrected chi connectivity index (χ1v) is 5.41. The van der Waals surface area contributed by atoms with Crippen LogP contribution < -0.4 is 10.6 Å². The van der Waals surface area contributed by atoms with E-state index in [9.17, 15) is 0 Å². The van der Waals surface area contributed by atoms with E-state index in [4.69, 9.17) is 16.0 Å². The number of anilines is 2. The molecule has 0 aliphatic carbocycles. The van der Waals surface area contributed by atoms with E-state index in [0.717, 1.165) is 11.5 Å².